The Bertz CT molecular complexity index is 870. The molecule has 2 fully saturated rings. The number of anilines is 1. The first kappa shape index (κ1) is 18.8. The minimum absolute atomic E-state index is 0.0369. The highest BCUT2D eigenvalue weighted by Gasteiger charge is 2.19. The number of likely N-dealkylation sites (tertiary alicyclic amines) is 1. The molecular weight excluding hydrogens is 412 g/mol. The van der Waals surface area contributed by atoms with Crippen molar-refractivity contribution in [3.63, 3.8) is 0 Å². The molecule has 1 aromatic heterocycles. The van der Waals surface area contributed by atoms with E-state index in [1.165, 1.54) is 12.8 Å². The number of morpholine rings is 1. The van der Waals surface area contributed by atoms with Gasteiger partial charge in [0.1, 0.15) is 17.9 Å². The number of rotatable bonds is 5. The summed E-state index contributed by atoms with van der Waals surface area (Å²) in [5.74, 6) is 1.35. The van der Waals surface area contributed by atoms with Crippen LogP contribution < -0.4 is 15.1 Å². The van der Waals surface area contributed by atoms with Crippen molar-refractivity contribution in [1.29, 1.82) is 0 Å². The van der Waals surface area contributed by atoms with Gasteiger partial charge in [-0.2, -0.15) is 0 Å². The van der Waals surface area contributed by atoms with Crippen LogP contribution in [0.5, 0.6) is 5.75 Å². The van der Waals surface area contributed by atoms with Crippen LogP contribution in [0, 0.1) is 6.92 Å². The predicted octanol–water partition coefficient (Wildman–Crippen LogP) is 3.18. The summed E-state index contributed by atoms with van der Waals surface area (Å²) in [4.78, 5) is 17.1. The minimum Gasteiger partial charge on any atom is -0.491 e. The molecule has 0 aliphatic carbocycles. The minimum atomic E-state index is -0.0369. The summed E-state index contributed by atoms with van der Waals surface area (Å²) in [6.07, 6.45) is 2.54. The monoisotopic (exact) mass is 436 g/mol. The van der Waals surface area contributed by atoms with Crippen molar-refractivity contribution in [2.45, 2.75) is 19.8 Å². The largest absolute Gasteiger partial charge is 0.491 e. The fraction of sp³-hybridized carbons (Fsp3) is 0.550. The van der Waals surface area contributed by atoms with Crippen LogP contribution in [0.15, 0.2) is 25.8 Å². The first-order valence-electron chi connectivity index (χ1n) is 9.58. The topological polar surface area (TPSA) is 55.2 Å². The highest BCUT2D eigenvalue weighted by atomic mass is 79.9. The van der Waals surface area contributed by atoms with Crippen LogP contribution in [-0.4, -0.2) is 57.4 Å². The molecule has 4 rings (SSSR count). The SMILES string of the molecule is Cc1c(OCCN2CCCC2)c(Br)cc2c(=O)cc(N3CCOCC3)oc12. The fourth-order valence-corrected chi connectivity index (χ4v) is 4.42. The Balaban J connectivity index is 1.62. The standard InChI is InChI=1S/C20H25BrN2O4/c1-14-19-15(17(24)13-18(27-19)23-7-9-25-10-8-23)12-16(21)20(14)26-11-6-22-4-2-3-5-22/h12-13H,2-11H2,1H3. The molecule has 2 aliphatic rings. The summed E-state index contributed by atoms with van der Waals surface area (Å²) >= 11 is 3.57. The number of hydrogen-bond donors (Lipinski definition) is 0. The number of halogens is 1. The van der Waals surface area contributed by atoms with Crippen LogP contribution in [0.2, 0.25) is 0 Å². The van der Waals surface area contributed by atoms with E-state index in [9.17, 15) is 4.79 Å². The Morgan fingerprint density at radius 3 is 2.63 bits per heavy atom. The average molecular weight is 437 g/mol. The Kier molecular flexibility index (Phi) is 5.71. The molecule has 0 spiro atoms. The maximum absolute atomic E-state index is 12.7. The van der Waals surface area contributed by atoms with E-state index in [2.05, 4.69) is 25.7 Å². The number of aryl methyl sites for hydroxylation is 1. The van der Waals surface area contributed by atoms with E-state index in [1.54, 1.807) is 6.07 Å². The van der Waals surface area contributed by atoms with E-state index in [0.717, 1.165) is 48.5 Å². The third-order valence-corrected chi connectivity index (χ3v) is 5.90. The molecule has 3 heterocycles. The molecule has 27 heavy (non-hydrogen) atoms. The van der Waals surface area contributed by atoms with Crippen molar-refractivity contribution in [1.82, 2.24) is 4.90 Å². The zero-order valence-electron chi connectivity index (χ0n) is 15.6. The number of ether oxygens (including phenoxy) is 2. The third-order valence-electron chi connectivity index (χ3n) is 5.32. The van der Waals surface area contributed by atoms with Gasteiger partial charge in [-0.05, 0) is 54.9 Å². The molecule has 146 valence electrons. The second kappa shape index (κ2) is 8.20. The van der Waals surface area contributed by atoms with Gasteiger partial charge in [-0.1, -0.05) is 0 Å². The van der Waals surface area contributed by atoms with Crippen molar-refractivity contribution in [3.8, 4) is 5.75 Å². The van der Waals surface area contributed by atoms with E-state index in [0.29, 0.717) is 36.7 Å². The van der Waals surface area contributed by atoms with Crippen LogP contribution in [0.25, 0.3) is 11.0 Å². The molecule has 0 saturated carbocycles. The summed E-state index contributed by atoms with van der Waals surface area (Å²) in [6.45, 7) is 8.53. The zero-order chi connectivity index (χ0) is 18.8. The molecule has 0 radical (unpaired) electrons. The number of benzene rings is 1. The van der Waals surface area contributed by atoms with Gasteiger partial charge in [0.15, 0.2) is 11.3 Å². The molecule has 0 atom stereocenters. The lowest BCUT2D eigenvalue weighted by atomic mass is 10.1. The highest BCUT2D eigenvalue weighted by Crippen LogP contribution is 2.35. The third kappa shape index (κ3) is 4.00. The van der Waals surface area contributed by atoms with Crippen molar-refractivity contribution >= 4 is 32.8 Å². The van der Waals surface area contributed by atoms with Gasteiger partial charge in [0.05, 0.1) is 23.1 Å². The molecular formula is C20H25BrN2O4. The van der Waals surface area contributed by atoms with E-state index in [-0.39, 0.29) is 5.43 Å². The smallest absolute Gasteiger partial charge is 0.200 e. The van der Waals surface area contributed by atoms with Gasteiger partial charge < -0.3 is 18.8 Å². The normalized spacial score (nSPS) is 18.4. The van der Waals surface area contributed by atoms with Crippen molar-refractivity contribution < 1.29 is 13.9 Å². The maximum Gasteiger partial charge on any atom is 0.200 e. The van der Waals surface area contributed by atoms with E-state index in [1.807, 2.05) is 13.0 Å². The molecule has 2 aliphatic heterocycles. The fourth-order valence-electron chi connectivity index (χ4n) is 3.78. The molecule has 0 amide bonds. The number of hydrogen-bond acceptors (Lipinski definition) is 6. The first-order valence-corrected chi connectivity index (χ1v) is 10.4. The van der Waals surface area contributed by atoms with Crippen molar-refractivity contribution in [2.24, 2.45) is 0 Å². The van der Waals surface area contributed by atoms with E-state index < -0.39 is 0 Å². The highest BCUT2D eigenvalue weighted by molar-refractivity contribution is 9.10. The summed E-state index contributed by atoms with van der Waals surface area (Å²) in [5, 5.41) is 0.572. The summed E-state index contributed by atoms with van der Waals surface area (Å²) in [7, 11) is 0. The Morgan fingerprint density at radius 2 is 1.89 bits per heavy atom. The Labute approximate surface area is 167 Å². The van der Waals surface area contributed by atoms with Crippen LogP contribution in [0.1, 0.15) is 18.4 Å². The van der Waals surface area contributed by atoms with Crippen LogP contribution >= 0.6 is 15.9 Å². The van der Waals surface area contributed by atoms with Gasteiger partial charge in [0, 0.05) is 31.3 Å². The quantitative estimate of drug-likeness (QED) is 0.717. The Hall–Kier alpha value is -1.57. The molecule has 7 heteroatoms. The Morgan fingerprint density at radius 1 is 1.15 bits per heavy atom. The van der Waals surface area contributed by atoms with E-state index in [4.69, 9.17) is 13.9 Å². The summed E-state index contributed by atoms with van der Waals surface area (Å²) in [6, 6.07) is 3.38. The van der Waals surface area contributed by atoms with Gasteiger partial charge in [-0.3, -0.25) is 9.69 Å². The zero-order valence-corrected chi connectivity index (χ0v) is 17.2. The first-order chi connectivity index (χ1) is 13.1. The molecule has 0 bridgehead atoms. The van der Waals surface area contributed by atoms with Crippen LogP contribution in [0.4, 0.5) is 5.88 Å². The lowest BCUT2D eigenvalue weighted by molar-refractivity contribution is 0.121. The lowest BCUT2D eigenvalue weighted by Gasteiger charge is -2.27. The van der Waals surface area contributed by atoms with Crippen LogP contribution in [-0.2, 0) is 4.74 Å². The van der Waals surface area contributed by atoms with Crippen LogP contribution in [0.3, 0.4) is 0 Å². The van der Waals surface area contributed by atoms with Gasteiger partial charge >= 0.3 is 0 Å². The molecule has 2 aromatic rings. The van der Waals surface area contributed by atoms with E-state index >= 15 is 0 Å². The average Bonchev–Trinajstić information content (AvgIpc) is 3.19. The van der Waals surface area contributed by atoms with Gasteiger partial charge in [-0.15, -0.1) is 0 Å². The molecule has 0 unspecified atom stereocenters. The van der Waals surface area contributed by atoms with Crippen molar-refractivity contribution in [3.05, 3.63) is 32.4 Å². The molecule has 1 aromatic carbocycles. The molecule has 6 nitrogen and oxygen atoms in total. The summed E-state index contributed by atoms with van der Waals surface area (Å²) in [5.41, 5.74) is 1.42. The van der Waals surface area contributed by atoms with Gasteiger partial charge in [0.2, 0.25) is 0 Å². The maximum atomic E-state index is 12.7. The van der Waals surface area contributed by atoms with Gasteiger partial charge in [-0.25, -0.2) is 0 Å². The molecule has 2 saturated heterocycles. The molecule has 0 N–H and O–H groups in total. The second-order valence-corrected chi connectivity index (χ2v) is 7.99. The second-order valence-electron chi connectivity index (χ2n) is 7.13. The summed E-state index contributed by atoms with van der Waals surface area (Å²) < 4.78 is 18.4. The van der Waals surface area contributed by atoms with Crippen molar-refractivity contribution in [2.75, 3.05) is 57.4 Å². The number of nitrogens with zero attached hydrogens (tertiary/aromatic N) is 2. The number of fused-ring (bicyclic) bond motifs is 1. The van der Waals surface area contributed by atoms with Gasteiger partial charge in [0.25, 0.3) is 0 Å². The lowest BCUT2D eigenvalue weighted by Crippen LogP contribution is -2.36. The predicted molar refractivity (Wildman–Crippen MR) is 109 cm³/mol.